The second-order valence-electron chi connectivity index (χ2n) is 8.12. The van der Waals surface area contributed by atoms with Crippen LogP contribution in [0.15, 0.2) is 72.9 Å². The maximum absolute atomic E-state index is 13.4. The summed E-state index contributed by atoms with van der Waals surface area (Å²) in [5, 5.41) is 12.2. The van der Waals surface area contributed by atoms with Gasteiger partial charge in [-0.05, 0) is 42.3 Å². The number of carbonyl (C=O) groups is 2. The number of rotatable bonds is 9. The van der Waals surface area contributed by atoms with Gasteiger partial charge in [-0.15, -0.1) is 0 Å². The van der Waals surface area contributed by atoms with Crippen molar-refractivity contribution in [3.05, 3.63) is 95.7 Å². The molecule has 0 aliphatic heterocycles. The minimum Gasteiger partial charge on any atom is -0.480 e. The Balaban J connectivity index is 1.51. The highest BCUT2D eigenvalue weighted by molar-refractivity contribution is 5.84. The maximum atomic E-state index is 13.4. The van der Waals surface area contributed by atoms with Gasteiger partial charge in [-0.25, -0.2) is 19.2 Å². The van der Waals surface area contributed by atoms with Crippen LogP contribution in [0.3, 0.4) is 0 Å². The Morgan fingerprint density at radius 2 is 1.79 bits per heavy atom. The number of aryl methyl sites for hydroxylation is 1. The molecule has 0 bridgehead atoms. The number of aliphatic carboxylic acids is 1. The van der Waals surface area contributed by atoms with Crippen molar-refractivity contribution in [2.45, 2.75) is 38.3 Å². The van der Waals surface area contributed by atoms with Crippen LogP contribution in [0.5, 0.6) is 0 Å². The number of amides is 1. The monoisotopic (exact) mass is 460 g/mol. The predicted octanol–water partition coefficient (Wildman–Crippen LogP) is 3.92. The quantitative estimate of drug-likeness (QED) is 0.395. The number of fused-ring (bicyclic) bond motifs is 1. The molecule has 1 amide bonds. The molecule has 1 unspecified atom stereocenters. The molecule has 34 heavy (non-hydrogen) atoms. The SMILES string of the molecule is C[C@@H](c1ccc(F)cc1)n1c(CCC(=O)NC(Cc2ccccc2)C(=O)O)nc2cccnc21. The highest BCUT2D eigenvalue weighted by atomic mass is 19.1. The van der Waals surface area contributed by atoms with Crippen molar-refractivity contribution in [3.8, 4) is 0 Å². The third-order valence-electron chi connectivity index (χ3n) is 5.75. The summed E-state index contributed by atoms with van der Waals surface area (Å²) in [5.41, 5.74) is 3.07. The number of benzene rings is 2. The second-order valence-corrected chi connectivity index (χ2v) is 8.12. The van der Waals surface area contributed by atoms with Crippen LogP contribution in [0.4, 0.5) is 4.39 Å². The van der Waals surface area contributed by atoms with E-state index in [1.165, 1.54) is 12.1 Å². The van der Waals surface area contributed by atoms with Crippen LogP contribution >= 0.6 is 0 Å². The van der Waals surface area contributed by atoms with E-state index < -0.39 is 12.0 Å². The summed E-state index contributed by atoms with van der Waals surface area (Å²) >= 11 is 0. The summed E-state index contributed by atoms with van der Waals surface area (Å²) in [6.07, 6.45) is 2.24. The van der Waals surface area contributed by atoms with Gasteiger partial charge in [0.2, 0.25) is 5.91 Å². The van der Waals surface area contributed by atoms with Crippen LogP contribution in [0.2, 0.25) is 0 Å². The zero-order chi connectivity index (χ0) is 24.1. The molecule has 4 aromatic rings. The Labute approximate surface area is 196 Å². The first-order chi connectivity index (χ1) is 16.4. The fourth-order valence-corrected chi connectivity index (χ4v) is 3.99. The first-order valence-corrected chi connectivity index (χ1v) is 11.1. The Bertz CT molecular complexity index is 1290. The largest absolute Gasteiger partial charge is 0.480 e. The lowest BCUT2D eigenvalue weighted by Gasteiger charge is -2.18. The molecule has 7 nitrogen and oxygen atoms in total. The number of hydrogen-bond acceptors (Lipinski definition) is 4. The molecule has 0 spiro atoms. The van der Waals surface area contributed by atoms with Gasteiger partial charge in [-0.3, -0.25) is 4.79 Å². The van der Waals surface area contributed by atoms with Gasteiger partial charge >= 0.3 is 5.97 Å². The highest BCUT2D eigenvalue weighted by Crippen LogP contribution is 2.25. The van der Waals surface area contributed by atoms with E-state index in [1.807, 2.05) is 47.9 Å². The number of imidazole rings is 1. The summed E-state index contributed by atoms with van der Waals surface area (Å²) in [7, 11) is 0. The van der Waals surface area contributed by atoms with Crippen LogP contribution in [-0.2, 0) is 22.4 Å². The number of halogens is 1. The fraction of sp³-hybridized carbons (Fsp3) is 0.231. The van der Waals surface area contributed by atoms with Gasteiger partial charge < -0.3 is 15.0 Å². The standard InChI is InChI=1S/C26H25FN4O3/c1-17(19-9-11-20(27)12-10-19)31-23(29-21-8-5-15-28-25(21)31)13-14-24(32)30-22(26(33)34)16-18-6-3-2-4-7-18/h2-12,15,17,22H,13-14,16H2,1H3,(H,30,32)(H,33,34)/t17-,22?/m0/s1. The van der Waals surface area contributed by atoms with Gasteiger partial charge in [0.1, 0.15) is 23.2 Å². The predicted molar refractivity (Wildman–Crippen MR) is 126 cm³/mol. The van der Waals surface area contributed by atoms with Crippen LogP contribution in [0.1, 0.15) is 36.3 Å². The molecular weight excluding hydrogens is 435 g/mol. The third kappa shape index (κ3) is 5.28. The number of carboxylic acids is 1. The van der Waals surface area contributed by atoms with E-state index in [4.69, 9.17) is 0 Å². The molecule has 0 aliphatic rings. The number of nitrogens with one attached hydrogen (secondary N) is 1. The molecule has 2 heterocycles. The minimum atomic E-state index is -1.08. The van der Waals surface area contributed by atoms with Crippen molar-refractivity contribution in [3.63, 3.8) is 0 Å². The summed E-state index contributed by atoms with van der Waals surface area (Å²) in [6.45, 7) is 1.97. The average Bonchev–Trinajstić information content (AvgIpc) is 3.21. The average molecular weight is 461 g/mol. The Morgan fingerprint density at radius 3 is 2.50 bits per heavy atom. The molecular formula is C26H25FN4O3. The first-order valence-electron chi connectivity index (χ1n) is 11.1. The van der Waals surface area contributed by atoms with Crippen LogP contribution < -0.4 is 5.32 Å². The molecule has 0 saturated heterocycles. The topological polar surface area (TPSA) is 97.1 Å². The Hall–Kier alpha value is -4.07. The number of carbonyl (C=O) groups excluding carboxylic acids is 1. The lowest BCUT2D eigenvalue weighted by atomic mass is 10.1. The summed E-state index contributed by atoms with van der Waals surface area (Å²) in [6, 6.07) is 17.8. The van der Waals surface area contributed by atoms with E-state index in [9.17, 15) is 19.1 Å². The van der Waals surface area contributed by atoms with E-state index in [0.29, 0.717) is 23.4 Å². The first kappa shape index (κ1) is 23.1. The van der Waals surface area contributed by atoms with Gasteiger partial charge in [-0.2, -0.15) is 0 Å². The Kier molecular flexibility index (Phi) is 6.96. The second kappa shape index (κ2) is 10.2. The van der Waals surface area contributed by atoms with Gasteiger partial charge in [0.25, 0.3) is 0 Å². The van der Waals surface area contributed by atoms with Crippen LogP contribution in [0.25, 0.3) is 11.2 Å². The summed E-state index contributed by atoms with van der Waals surface area (Å²) in [4.78, 5) is 33.5. The summed E-state index contributed by atoms with van der Waals surface area (Å²) in [5.74, 6) is -1.12. The van der Waals surface area contributed by atoms with E-state index in [-0.39, 0.29) is 30.6 Å². The molecule has 174 valence electrons. The molecule has 4 rings (SSSR count). The van der Waals surface area contributed by atoms with E-state index in [2.05, 4.69) is 15.3 Å². The van der Waals surface area contributed by atoms with Crippen LogP contribution in [-0.4, -0.2) is 37.6 Å². The van der Waals surface area contributed by atoms with Gasteiger partial charge in [0, 0.05) is 25.5 Å². The molecule has 2 N–H and O–H groups in total. The number of aromatic nitrogens is 3. The molecule has 8 heteroatoms. The normalized spacial score (nSPS) is 12.9. The van der Waals surface area contributed by atoms with E-state index >= 15 is 0 Å². The maximum Gasteiger partial charge on any atom is 0.326 e. The lowest BCUT2D eigenvalue weighted by molar-refractivity contribution is -0.141. The van der Waals surface area contributed by atoms with Gasteiger partial charge in [-0.1, -0.05) is 42.5 Å². The van der Waals surface area contributed by atoms with Crippen molar-refractivity contribution >= 4 is 23.0 Å². The zero-order valence-electron chi connectivity index (χ0n) is 18.7. The highest BCUT2D eigenvalue weighted by Gasteiger charge is 2.22. The van der Waals surface area contributed by atoms with Crippen molar-refractivity contribution < 1.29 is 19.1 Å². The Morgan fingerprint density at radius 1 is 1.06 bits per heavy atom. The van der Waals surface area contributed by atoms with E-state index in [1.54, 1.807) is 24.4 Å². The lowest BCUT2D eigenvalue weighted by Crippen LogP contribution is -2.42. The van der Waals surface area contributed by atoms with Crippen LogP contribution in [0, 0.1) is 5.82 Å². The van der Waals surface area contributed by atoms with Crippen molar-refractivity contribution in [1.82, 2.24) is 19.9 Å². The fourth-order valence-electron chi connectivity index (χ4n) is 3.99. The van der Waals surface area contributed by atoms with Gasteiger partial charge in [0.05, 0.1) is 6.04 Å². The molecule has 0 aliphatic carbocycles. The molecule has 0 radical (unpaired) electrons. The number of nitrogens with zero attached hydrogens (tertiary/aromatic N) is 3. The molecule has 2 aromatic heterocycles. The molecule has 0 fully saturated rings. The molecule has 2 aromatic carbocycles. The zero-order valence-corrected chi connectivity index (χ0v) is 18.7. The number of carboxylic acid groups (broad SMARTS) is 1. The van der Waals surface area contributed by atoms with Gasteiger partial charge in [0.15, 0.2) is 5.65 Å². The van der Waals surface area contributed by atoms with E-state index in [0.717, 1.165) is 11.1 Å². The number of pyridine rings is 1. The van der Waals surface area contributed by atoms with Crippen molar-refractivity contribution in [2.75, 3.05) is 0 Å². The smallest absolute Gasteiger partial charge is 0.326 e. The number of hydrogen-bond donors (Lipinski definition) is 2. The molecule has 2 atom stereocenters. The van der Waals surface area contributed by atoms with Crippen molar-refractivity contribution in [1.29, 1.82) is 0 Å². The third-order valence-corrected chi connectivity index (χ3v) is 5.75. The van der Waals surface area contributed by atoms with Crippen molar-refractivity contribution in [2.24, 2.45) is 0 Å². The summed E-state index contributed by atoms with van der Waals surface area (Å²) < 4.78 is 15.4. The molecule has 0 saturated carbocycles. The minimum absolute atomic E-state index is 0.0675.